The third-order valence-corrected chi connectivity index (χ3v) is 6.01. The van der Waals surface area contributed by atoms with Crippen molar-refractivity contribution >= 4 is 6.08 Å². The summed E-state index contributed by atoms with van der Waals surface area (Å²) in [5, 5.41) is 0. The number of allylic oxidation sites excluding steroid dienone is 1. The molecule has 24 heavy (non-hydrogen) atoms. The number of benzene rings is 2. The van der Waals surface area contributed by atoms with Gasteiger partial charge in [-0.05, 0) is 53.4 Å². The predicted octanol–water partition coefficient (Wildman–Crippen LogP) is 7.04. The average molecular weight is 316 g/mol. The maximum absolute atomic E-state index is 2.53. The molecule has 0 aliphatic heterocycles. The molecule has 0 saturated heterocycles. The van der Waals surface area contributed by atoms with Crippen LogP contribution >= 0.6 is 0 Å². The highest BCUT2D eigenvalue weighted by molar-refractivity contribution is 5.80. The van der Waals surface area contributed by atoms with Crippen molar-refractivity contribution in [2.24, 2.45) is 5.41 Å². The van der Waals surface area contributed by atoms with Crippen LogP contribution in [-0.4, -0.2) is 0 Å². The van der Waals surface area contributed by atoms with Crippen LogP contribution in [0.3, 0.4) is 0 Å². The number of fused-ring (bicyclic) bond motifs is 1. The standard InChI is InChI=1S/C24H28/c1-24(14-7-2-3-8-15-24)18-19-16-21-12-9-13-22(23(21)17-19)20-10-5-4-6-11-20/h4-6,9-13,17H,2-3,7-8,14-16,18H2,1H3. The second-order valence-corrected chi connectivity index (χ2v) is 8.13. The second-order valence-electron chi connectivity index (χ2n) is 8.13. The highest BCUT2D eigenvalue weighted by Gasteiger charge is 2.28. The van der Waals surface area contributed by atoms with Crippen molar-refractivity contribution in [2.75, 3.05) is 0 Å². The molecule has 0 heteroatoms. The maximum atomic E-state index is 2.53. The zero-order valence-corrected chi connectivity index (χ0v) is 14.9. The van der Waals surface area contributed by atoms with Crippen LogP contribution in [-0.2, 0) is 6.42 Å². The zero-order chi connectivity index (χ0) is 16.4. The summed E-state index contributed by atoms with van der Waals surface area (Å²) in [7, 11) is 0. The quantitative estimate of drug-likeness (QED) is 0.532. The van der Waals surface area contributed by atoms with Gasteiger partial charge in [-0.3, -0.25) is 0 Å². The monoisotopic (exact) mass is 316 g/mol. The highest BCUT2D eigenvalue weighted by atomic mass is 14.3. The van der Waals surface area contributed by atoms with Gasteiger partial charge < -0.3 is 0 Å². The first-order valence-corrected chi connectivity index (χ1v) is 9.60. The normalized spacial score (nSPS) is 19.5. The van der Waals surface area contributed by atoms with Gasteiger partial charge in [-0.25, -0.2) is 0 Å². The minimum Gasteiger partial charge on any atom is -0.0646 e. The molecule has 0 radical (unpaired) electrons. The largest absolute Gasteiger partial charge is 0.0646 e. The summed E-state index contributed by atoms with van der Waals surface area (Å²) in [6.07, 6.45) is 13.5. The summed E-state index contributed by atoms with van der Waals surface area (Å²) in [6.45, 7) is 2.53. The highest BCUT2D eigenvalue weighted by Crippen LogP contribution is 2.43. The Morgan fingerprint density at radius 1 is 0.833 bits per heavy atom. The topological polar surface area (TPSA) is 0 Å². The van der Waals surface area contributed by atoms with E-state index in [9.17, 15) is 0 Å². The van der Waals surface area contributed by atoms with E-state index in [0.717, 1.165) is 6.42 Å². The molecule has 0 nitrogen and oxygen atoms in total. The number of rotatable bonds is 3. The third kappa shape index (κ3) is 3.20. The lowest BCUT2D eigenvalue weighted by Gasteiger charge is -2.28. The lowest BCUT2D eigenvalue weighted by atomic mass is 9.77. The molecule has 2 aromatic rings. The van der Waals surface area contributed by atoms with Crippen LogP contribution in [0.15, 0.2) is 54.1 Å². The van der Waals surface area contributed by atoms with Crippen molar-refractivity contribution in [2.45, 2.75) is 58.3 Å². The van der Waals surface area contributed by atoms with E-state index in [4.69, 9.17) is 0 Å². The molecule has 2 aliphatic carbocycles. The van der Waals surface area contributed by atoms with Gasteiger partial charge in [0, 0.05) is 0 Å². The van der Waals surface area contributed by atoms with Crippen molar-refractivity contribution in [1.82, 2.24) is 0 Å². The molecular formula is C24H28. The molecule has 2 aliphatic rings. The van der Waals surface area contributed by atoms with Crippen LogP contribution in [0.25, 0.3) is 17.2 Å². The van der Waals surface area contributed by atoms with Crippen LogP contribution in [0.2, 0.25) is 0 Å². The Morgan fingerprint density at radius 3 is 2.33 bits per heavy atom. The van der Waals surface area contributed by atoms with Gasteiger partial charge in [0.25, 0.3) is 0 Å². The van der Waals surface area contributed by atoms with Gasteiger partial charge in [0.05, 0.1) is 0 Å². The van der Waals surface area contributed by atoms with E-state index in [2.05, 4.69) is 61.5 Å². The predicted molar refractivity (Wildman–Crippen MR) is 104 cm³/mol. The molecular weight excluding hydrogens is 288 g/mol. The Bertz CT molecular complexity index is 728. The molecule has 0 atom stereocenters. The lowest BCUT2D eigenvalue weighted by molar-refractivity contribution is 0.274. The summed E-state index contributed by atoms with van der Waals surface area (Å²) >= 11 is 0. The van der Waals surface area contributed by atoms with E-state index < -0.39 is 0 Å². The first kappa shape index (κ1) is 15.7. The van der Waals surface area contributed by atoms with Crippen molar-refractivity contribution in [3.63, 3.8) is 0 Å². The zero-order valence-electron chi connectivity index (χ0n) is 14.9. The fourth-order valence-corrected chi connectivity index (χ4v) is 4.73. The summed E-state index contributed by atoms with van der Waals surface area (Å²) in [5.74, 6) is 0. The minimum atomic E-state index is 0.525. The van der Waals surface area contributed by atoms with E-state index >= 15 is 0 Å². The first-order valence-electron chi connectivity index (χ1n) is 9.60. The van der Waals surface area contributed by atoms with Crippen molar-refractivity contribution in [3.05, 3.63) is 65.2 Å². The Hall–Kier alpha value is -1.82. The molecule has 0 unspecified atom stereocenters. The minimum absolute atomic E-state index is 0.525. The van der Waals surface area contributed by atoms with Gasteiger partial charge >= 0.3 is 0 Å². The molecule has 0 aromatic heterocycles. The van der Waals surface area contributed by atoms with E-state index in [1.54, 1.807) is 5.57 Å². The van der Waals surface area contributed by atoms with Gasteiger partial charge in [-0.15, -0.1) is 0 Å². The van der Waals surface area contributed by atoms with Crippen molar-refractivity contribution < 1.29 is 0 Å². The lowest BCUT2D eigenvalue weighted by Crippen LogP contribution is -2.16. The number of hydrogen-bond donors (Lipinski definition) is 0. The molecule has 1 saturated carbocycles. The summed E-state index contributed by atoms with van der Waals surface area (Å²) < 4.78 is 0. The molecule has 0 bridgehead atoms. The molecule has 0 N–H and O–H groups in total. The molecule has 1 fully saturated rings. The smallest absolute Gasteiger partial charge is 0.00574 e. The fourth-order valence-electron chi connectivity index (χ4n) is 4.73. The number of hydrogen-bond acceptors (Lipinski definition) is 0. The van der Waals surface area contributed by atoms with E-state index in [0.29, 0.717) is 5.41 Å². The third-order valence-electron chi connectivity index (χ3n) is 6.01. The van der Waals surface area contributed by atoms with Crippen LogP contribution in [0, 0.1) is 5.41 Å². The first-order chi connectivity index (χ1) is 11.7. The van der Waals surface area contributed by atoms with E-state index in [1.807, 2.05) is 0 Å². The molecule has 4 rings (SSSR count). The van der Waals surface area contributed by atoms with E-state index in [1.165, 1.54) is 67.2 Å². The fraction of sp³-hybridized carbons (Fsp3) is 0.417. The Balaban J connectivity index is 1.61. The molecule has 0 spiro atoms. The maximum Gasteiger partial charge on any atom is -0.00574 e. The van der Waals surface area contributed by atoms with Gasteiger partial charge in [0.1, 0.15) is 0 Å². The Kier molecular flexibility index (Phi) is 4.31. The second kappa shape index (κ2) is 6.59. The summed E-state index contributed by atoms with van der Waals surface area (Å²) in [5.41, 5.74) is 7.90. The average Bonchev–Trinajstić information content (AvgIpc) is 2.88. The van der Waals surface area contributed by atoms with Crippen LogP contribution in [0.1, 0.15) is 63.0 Å². The summed E-state index contributed by atoms with van der Waals surface area (Å²) in [4.78, 5) is 0. The Morgan fingerprint density at radius 2 is 1.58 bits per heavy atom. The molecule has 0 amide bonds. The summed E-state index contributed by atoms with van der Waals surface area (Å²) in [6, 6.07) is 17.7. The van der Waals surface area contributed by atoms with Gasteiger partial charge in [-0.1, -0.05) is 92.8 Å². The van der Waals surface area contributed by atoms with Crippen LogP contribution < -0.4 is 0 Å². The Labute approximate surface area is 146 Å². The molecule has 2 aromatic carbocycles. The SMILES string of the molecule is CC1(CC2=Cc3c(cccc3-c3ccccc3)C2)CCCCCC1. The van der Waals surface area contributed by atoms with Crippen LogP contribution in [0.5, 0.6) is 0 Å². The van der Waals surface area contributed by atoms with Crippen LogP contribution in [0.4, 0.5) is 0 Å². The molecule has 0 heterocycles. The van der Waals surface area contributed by atoms with Crippen molar-refractivity contribution in [3.8, 4) is 11.1 Å². The van der Waals surface area contributed by atoms with Gasteiger partial charge in [-0.2, -0.15) is 0 Å². The molecule has 124 valence electrons. The van der Waals surface area contributed by atoms with Crippen molar-refractivity contribution in [1.29, 1.82) is 0 Å². The van der Waals surface area contributed by atoms with Gasteiger partial charge in [0.2, 0.25) is 0 Å². The van der Waals surface area contributed by atoms with E-state index in [-0.39, 0.29) is 0 Å². The van der Waals surface area contributed by atoms with Gasteiger partial charge in [0.15, 0.2) is 0 Å².